The van der Waals surface area contributed by atoms with Gasteiger partial charge in [-0.05, 0) is 80.1 Å². The van der Waals surface area contributed by atoms with Crippen molar-refractivity contribution in [3.05, 3.63) is 48.0 Å². The third-order valence-corrected chi connectivity index (χ3v) is 17.3. The Morgan fingerprint density at radius 1 is 0.847 bits per heavy atom. The molecule has 0 unspecified atom stereocenters. The first-order chi connectivity index (χ1) is 34.0. The Bertz CT molecular complexity index is 2200. The molecule has 7 amide bonds. The molecule has 1 spiro atoms. The topological polar surface area (TPSA) is 212 Å². The van der Waals surface area contributed by atoms with Crippen LogP contribution in [0.1, 0.15) is 125 Å². The molecule has 2 heterocycles. The first kappa shape index (κ1) is 56.1. The highest BCUT2D eigenvalue weighted by Gasteiger charge is 2.66. The van der Waals surface area contributed by atoms with E-state index in [0.29, 0.717) is 51.5 Å². The summed E-state index contributed by atoms with van der Waals surface area (Å²) in [5.74, 6) is -4.14. The standard InChI is InChI=1S/C55H82N6O11/c1-12-35(6)55(31-40(55)58(8)51(68)46(33(2)3)57-50(67)47(34(4)5)59(9)42(62)21-17-14-18-26-60-43(63)22-23-44(60)64)41(71-10)27-45(65)61-32-53(24-25-53)29-38(61)48(72-11)36(7)49(66)56-39-30-54(39,52(69)70)28-37-19-15-13-16-20-37/h13,15-16,19-20,22-23,33-36,38-41,46-48H,12,14,17-18,21,24-32H2,1-11H3,(H,56,66)(H,57,67)(H,69,70)/t35-,36+,38-,39+,40-,41+,46-,47-,48+,54+,55-/m0/s1. The molecule has 11 atom stereocenters. The molecule has 0 bridgehead atoms. The highest BCUT2D eigenvalue weighted by atomic mass is 16.5. The van der Waals surface area contributed by atoms with Gasteiger partial charge in [-0.2, -0.15) is 0 Å². The van der Waals surface area contributed by atoms with Gasteiger partial charge in [0.1, 0.15) is 12.1 Å². The Labute approximate surface area is 426 Å². The van der Waals surface area contributed by atoms with Crippen molar-refractivity contribution in [1.29, 1.82) is 0 Å². The summed E-state index contributed by atoms with van der Waals surface area (Å²) >= 11 is 0. The van der Waals surface area contributed by atoms with Crippen LogP contribution in [0.3, 0.4) is 0 Å². The van der Waals surface area contributed by atoms with Crippen molar-refractivity contribution in [2.75, 3.05) is 41.4 Å². The zero-order chi connectivity index (χ0) is 53.0. The molecule has 3 saturated carbocycles. The smallest absolute Gasteiger partial charge is 0.312 e. The first-order valence-electron chi connectivity index (χ1n) is 26.3. The lowest BCUT2D eigenvalue weighted by Crippen LogP contribution is -2.58. The second kappa shape index (κ2) is 22.9. The maximum atomic E-state index is 14.8. The Hall–Kier alpha value is -5.16. The van der Waals surface area contributed by atoms with Crippen molar-refractivity contribution in [2.45, 2.75) is 168 Å². The predicted octanol–water partition coefficient (Wildman–Crippen LogP) is 5.00. The van der Waals surface area contributed by atoms with Gasteiger partial charge in [0.2, 0.25) is 29.5 Å². The van der Waals surface area contributed by atoms with Crippen LogP contribution < -0.4 is 10.6 Å². The van der Waals surface area contributed by atoms with Gasteiger partial charge in [0.05, 0.1) is 36.0 Å². The van der Waals surface area contributed by atoms with E-state index in [-0.39, 0.29) is 84.0 Å². The minimum Gasteiger partial charge on any atom is -0.481 e. The lowest BCUT2D eigenvalue weighted by atomic mass is 9.80. The van der Waals surface area contributed by atoms with Crippen molar-refractivity contribution >= 4 is 47.3 Å². The highest BCUT2D eigenvalue weighted by molar-refractivity contribution is 6.12. The molecule has 2 aliphatic heterocycles. The second-order valence-corrected chi connectivity index (χ2v) is 22.6. The second-order valence-electron chi connectivity index (χ2n) is 22.6. The number of ether oxygens (including phenoxy) is 2. The fraction of sp³-hybridized carbons (Fsp3) is 0.709. The summed E-state index contributed by atoms with van der Waals surface area (Å²) in [5.41, 5.74) is -0.813. The number of hydrogen-bond donors (Lipinski definition) is 3. The lowest BCUT2D eigenvalue weighted by Gasteiger charge is -2.38. The van der Waals surface area contributed by atoms with Crippen molar-refractivity contribution in [2.24, 2.45) is 39.9 Å². The number of nitrogens with zero attached hydrogens (tertiary/aromatic N) is 4. The van der Waals surface area contributed by atoms with Gasteiger partial charge in [0, 0.05) is 77.5 Å². The number of carboxylic acid groups (broad SMARTS) is 1. The van der Waals surface area contributed by atoms with Crippen LogP contribution in [0.5, 0.6) is 0 Å². The number of methoxy groups -OCH3 is 2. The number of nitrogens with one attached hydrogen (secondary N) is 2. The quantitative estimate of drug-likeness (QED) is 0.0789. The van der Waals surface area contributed by atoms with Gasteiger partial charge in [-0.15, -0.1) is 0 Å². The van der Waals surface area contributed by atoms with Gasteiger partial charge in [0.25, 0.3) is 11.8 Å². The number of aliphatic carboxylic acids is 1. The number of hydrogen-bond acceptors (Lipinski definition) is 10. The van der Waals surface area contributed by atoms with E-state index in [1.807, 2.05) is 62.9 Å². The maximum Gasteiger partial charge on any atom is 0.312 e. The SMILES string of the molecule is CC[C@H](C)[C@@]1([C@@H](CC(=O)N2CC3(CC3)C[C@H]2[C@H](OC)[C@@H](C)C(=O)N[C@@H]2C[C@@]2(Cc2ccccc2)C(=O)O)OC)C[C@@H]1N(C)C(=O)[C@@H](NC(=O)[C@H](C(C)C)N(C)C(=O)CCCCCN1C(=O)C=CC1=O)C(C)C. The van der Waals surface area contributed by atoms with E-state index in [1.54, 1.807) is 40.1 Å². The number of amides is 7. The summed E-state index contributed by atoms with van der Waals surface area (Å²) < 4.78 is 12.4. The summed E-state index contributed by atoms with van der Waals surface area (Å²) in [6.07, 6.45) is 7.86. The third kappa shape index (κ3) is 11.8. The van der Waals surface area contributed by atoms with E-state index in [2.05, 4.69) is 24.5 Å². The van der Waals surface area contributed by atoms with Crippen LogP contribution in [0.15, 0.2) is 42.5 Å². The zero-order valence-electron chi connectivity index (χ0n) is 44.6. The number of imide groups is 1. The minimum atomic E-state index is -1.09. The molecular formula is C55H82N6O11. The van der Waals surface area contributed by atoms with Gasteiger partial charge in [-0.1, -0.05) is 91.6 Å². The van der Waals surface area contributed by atoms with Crippen LogP contribution in [-0.4, -0.2) is 156 Å². The Balaban J connectivity index is 1.09. The molecule has 398 valence electrons. The molecule has 3 N–H and O–H groups in total. The summed E-state index contributed by atoms with van der Waals surface area (Å²) in [6, 6.07) is 6.46. The molecule has 72 heavy (non-hydrogen) atoms. The molecule has 6 rings (SSSR count). The van der Waals surface area contributed by atoms with Crippen molar-refractivity contribution in [3.8, 4) is 0 Å². The fourth-order valence-electron chi connectivity index (χ4n) is 12.2. The molecular weight excluding hydrogens is 921 g/mol. The summed E-state index contributed by atoms with van der Waals surface area (Å²) in [4.78, 5) is 114. The Morgan fingerprint density at radius 3 is 2.06 bits per heavy atom. The molecule has 17 heteroatoms. The number of benzene rings is 1. The number of carbonyl (C=O) groups is 8. The lowest BCUT2D eigenvalue weighted by molar-refractivity contribution is -0.146. The molecule has 0 aromatic heterocycles. The van der Waals surface area contributed by atoms with E-state index in [4.69, 9.17) is 9.47 Å². The van der Waals surface area contributed by atoms with Crippen molar-refractivity contribution in [1.82, 2.24) is 30.2 Å². The van der Waals surface area contributed by atoms with Crippen molar-refractivity contribution in [3.63, 3.8) is 0 Å². The van der Waals surface area contributed by atoms with Gasteiger partial charge in [-0.3, -0.25) is 43.3 Å². The van der Waals surface area contributed by atoms with E-state index >= 15 is 0 Å². The minimum absolute atomic E-state index is 0.0467. The van der Waals surface area contributed by atoms with Crippen molar-refractivity contribution < 1.29 is 52.9 Å². The normalized spacial score (nSPS) is 26.3. The number of likely N-dealkylation sites (N-methyl/N-ethyl adjacent to an activating group) is 2. The summed E-state index contributed by atoms with van der Waals surface area (Å²) in [6.45, 7) is 14.3. The van der Waals surface area contributed by atoms with E-state index in [0.717, 1.165) is 24.8 Å². The van der Waals surface area contributed by atoms with E-state index in [9.17, 15) is 43.5 Å². The average Bonchev–Trinajstić information content (AvgIpc) is 4.30. The average molecular weight is 1000 g/mol. The number of unbranched alkanes of at least 4 members (excludes halogenated alkanes) is 2. The Kier molecular flexibility index (Phi) is 17.9. The molecule has 17 nitrogen and oxygen atoms in total. The fourth-order valence-corrected chi connectivity index (χ4v) is 12.2. The monoisotopic (exact) mass is 1000 g/mol. The largest absolute Gasteiger partial charge is 0.481 e. The van der Waals surface area contributed by atoms with Gasteiger partial charge in [-0.25, -0.2) is 0 Å². The van der Waals surface area contributed by atoms with Gasteiger partial charge >= 0.3 is 5.97 Å². The molecule has 1 saturated heterocycles. The molecule has 0 radical (unpaired) electrons. The first-order valence-corrected chi connectivity index (χ1v) is 26.3. The number of carbonyl (C=O) groups excluding carboxylic acids is 7. The Morgan fingerprint density at radius 2 is 1.50 bits per heavy atom. The van der Waals surface area contributed by atoms with E-state index in [1.165, 1.54) is 22.0 Å². The predicted molar refractivity (Wildman–Crippen MR) is 269 cm³/mol. The number of carboxylic acids is 1. The molecule has 3 aliphatic carbocycles. The number of rotatable bonds is 27. The zero-order valence-corrected chi connectivity index (χ0v) is 44.6. The van der Waals surface area contributed by atoms with Gasteiger partial charge < -0.3 is 39.9 Å². The van der Waals surface area contributed by atoms with Crippen LogP contribution >= 0.6 is 0 Å². The third-order valence-electron chi connectivity index (χ3n) is 17.3. The van der Waals surface area contributed by atoms with E-state index < -0.39 is 65.0 Å². The summed E-state index contributed by atoms with van der Waals surface area (Å²) in [5, 5.41) is 16.3. The molecule has 1 aromatic rings. The maximum absolute atomic E-state index is 14.8. The van der Waals surface area contributed by atoms with Crippen LogP contribution in [0.25, 0.3) is 0 Å². The summed E-state index contributed by atoms with van der Waals surface area (Å²) in [7, 11) is 6.52. The van der Waals surface area contributed by atoms with Crippen LogP contribution in [-0.2, 0) is 54.3 Å². The number of likely N-dealkylation sites (tertiary alicyclic amines) is 1. The molecule has 4 fully saturated rings. The molecule has 5 aliphatic rings. The van der Waals surface area contributed by atoms with Crippen LogP contribution in [0.4, 0.5) is 0 Å². The molecule has 1 aromatic carbocycles. The highest BCUT2D eigenvalue weighted by Crippen LogP contribution is 2.61. The van der Waals surface area contributed by atoms with Crippen LogP contribution in [0.2, 0.25) is 0 Å². The van der Waals surface area contributed by atoms with Crippen LogP contribution in [0, 0.1) is 39.9 Å². The van der Waals surface area contributed by atoms with Gasteiger partial charge in [0.15, 0.2) is 0 Å².